The van der Waals surface area contributed by atoms with Crippen LogP contribution >= 0.6 is 0 Å². The molecule has 2 aromatic carbocycles. The van der Waals surface area contributed by atoms with E-state index in [4.69, 9.17) is 0 Å². The van der Waals surface area contributed by atoms with Gasteiger partial charge >= 0.3 is 0 Å². The van der Waals surface area contributed by atoms with E-state index in [0.29, 0.717) is 23.4 Å². The molecule has 0 saturated carbocycles. The van der Waals surface area contributed by atoms with E-state index in [0.717, 1.165) is 5.56 Å². The smallest absolute Gasteiger partial charge is 0.255 e. The van der Waals surface area contributed by atoms with E-state index >= 15 is 0 Å². The van der Waals surface area contributed by atoms with Crippen LogP contribution in [0, 0.1) is 0 Å². The quantitative estimate of drug-likeness (QED) is 0.682. The Balaban J connectivity index is 1.60. The highest BCUT2D eigenvalue weighted by atomic mass is 16.2. The predicted molar refractivity (Wildman–Crippen MR) is 107 cm³/mol. The Kier molecular flexibility index (Phi) is 5.94. The van der Waals surface area contributed by atoms with E-state index in [-0.39, 0.29) is 17.7 Å². The summed E-state index contributed by atoms with van der Waals surface area (Å²) in [5.41, 5.74) is 2.92. The number of carbonyl (C=O) groups excluding carboxylic acids is 2. The second kappa shape index (κ2) is 8.76. The first-order valence-electron chi connectivity index (χ1n) is 8.78. The molecule has 0 aliphatic carbocycles. The fraction of sp³-hybridized carbons (Fsp3) is 0.136. The van der Waals surface area contributed by atoms with E-state index in [2.05, 4.69) is 15.6 Å². The van der Waals surface area contributed by atoms with Crippen LogP contribution < -0.4 is 10.6 Å². The van der Waals surface area contributed by atoms with Gasteiger partial charge in [-0.2, -0.15) is 0 Å². The first kappa shape index (κ1) is 18.3. The van der Waals surface area contributed by atoms with Crippen molar-refractivity contribution < 1.29 is 9.59 Å². The van der Waals surface area contributed by atoms with Crippen LogP contribution in [-0.2, 0) is 4.79 Å². The van der Waals surface area contributed by atoms with Crippen molar-refractivity contribution in [2.45, 2.75) is 19.3 Å². The van der Waals surface area contributed by atoms with Crippen LogP contribution in [0.25, 0.3) is 0 Å². The SMILES string of the molecule is CC(CC(=O)Nc1cccc(NC(=O)c2ccncc2)c1)c1ccccc1. The van der Waals surface area contributed by atoms with Gasteiger partial charge in [-0.05, 0) is 41.8 Å². The van der Waals surface area contributed by atoms with Gasteiger partial charge in [0.05, 0.1) is 0 Å². The number of aromatic nitrogens is 1. The van der Waals surface area contributed by atoms with Gasteiger partial charge in [-0.1, -0.05) is 43.3 Å². The molecular weight excluding hydrogens is 338 g/mol. The number of hydrogen-bond acceptors (Lipinski definition) is 3. The van der Waals surface area contributed by atoms with Crippen molar-refractivity contribution in [3.8, 4) is 0 Å². The summed E-state index contributed by atoms with van der Waals surface area (Å²) in [7, 11) is 0. The van der Waals surface area contributed by atoms with E-state index < -0.39 is 0 Å². The molecule has 0 saturated heterocycles. The van der Waals surface area contributed by atoms with Gasteiger partial charge in [-0.3, -0.25) is 14.6 Å². The van der Waals surface area contributed by atoms with Crippen molar-refractivity contribution in [2.75, 3.05) is 10.6 Å². The topological polar surface area (TPSA) is 71.1 Å². The van der Waals surface area contributed by atoms with E-state index in [1.54, 1.807) is 48.8 Å². The van der Waals surface area contributed by atoms with Crippen molar-refractivity contribution in [1.82, 2.24) is 4.98 Å². The van der Waals surface area contributed by atoms with Crippen LogP contribution in [0.2, 0.25) is 0 Å². The van der Waals surface area contributed by atoms with Gasteiger partial charge in [0.25, 0.3) is 5.91 Å². The van der Waals surface area contributed by atoms with Crippen molar-refractivity contribution in [1.29, 1.82) is 0 Å². The highest BCUT2D eigenvalue weighted by Gasteiger charge is 2.12. The molecule has 0 aliphatic heterocycles. The Labute approximate surface area is 158 Å². The number of rotatable bonds is 6. The third kappa shape index (κ3) is 5.25. The molecule has 1 heterocycles. The Morgan fingerprint density at radius 3 is 2.26 bits per heavy atom. The van der Waals surface area contributed by atoms with Crippen LogP contribution in [0.4, 0.5) is 11.4 Å². The molecule has 5 nitrogen and oxygen atoms in total. The molecule has 2 amide bonds. The highest BCUT2D eigenvalue weighted by molar-refractivity contribution is 6.04. The molecule has 3 aromatic rings. The molecule has 2 N–H and O–H groups in total. The van der Waals surface area contributed by atoms with Crippen molar-refractivity contribution in [3.05, 3.63) is 90.3 Å². The second-order valence-corrected chi connectivity index (χ2v) is 6.33. The molecule has 27 heavy (non-hydrogen) atoms. The van der Waals surface area contributed by atoms with Crippen LogP contribution in [0.15, 0.2) is 79.1 Å². The van der Waals surface area contributed by atoms with Crippen molar-refractivity contribution in [2.24, 2.45) is 0 Å². The zero-order chi connectivity index (χ0) is 19.1. The third-order valence-electron chi connectivity index (χ3n) is 4.21. The maximum Gasteiger partial charge on any atom is 0.255 e. The summed E-state index contributed by atoms with van der Waals surface area (Å²) in [4.78, 5) is 28.5. The van der Waals surface area contributed by atoms with Gasteiger partial charge in [0, 0.05) is 35.8 Å². The summed E-state index contributed by atoms with van der Waals surface area (Å²) >= 11 is 0. The van der Waals surface area contributed by atoms with Crippen molar-refractivity contribution >= 4 is 23.2 Å². The molecule has 0 fully saturated rings. The lowest BCUT2D eigenvalue weighted by Gasteiger charge is -2.13. The molecular formula is C22H21N3O2. The van der Waals surface area contributed by atoms with E-state index in [9.17, 15) is 9.59 Å². The Morgan fingerprint density at radius 2 is 1.56 bits per heavy atom. The monoisotopic (exact) mass is 359 g/mol. The van der Waals surface area contributed by atoms with Crippen LogP contribution in [0.5, 0.6) is 0 Å². The molecule has 1 atom stereocenters. The van der Waals surface area contributed by atoms with Gasteiger partial charge in [-0.15, -0.1) is 0 Å². The van der Waals surface area contributed by atoms with Gasteiger partial charge < -0.3 is 10.6 Å². The molecule has 3 rings (SSSR count). The average molecular weight is 359 g/mol. The summed E-state index contributed by atoms with van der Waals surface area (Å²) in [6.07, 6.45) is 3.52. The van der Waals surface area contributed by atoms with Gasteiger partial charge in [0.2, 0.25) is 5.91 Å². The first-order valence-corrected chi connectivity index (χ1v) is 8.78. The molecule has 1 unspecified atom stereocenters. The number of carbonyl (C=O) groups is 2. The maximum absolute atomic E-state index is 12.3. The third-order valence-corrected chi connectivity index (χ3v) is 4.21. The van der Waals surface area contributed by atoms with E-state index in [1.165, 1.54) is 0 Å². The molecule has 0 bridgehead atoms. The number of amides is 2. The summed E-state index contributed by atoms with van der Waals surface area (Å²) in [5, 5.41) is 5.72. The summed E-state index contributed by atoms with van der Waals surface area (Å²) < 4.78 is 0. The Morgan fingerprint density at radius 1 is 0.889 bits per heavy atom. The zero-order valence-electron chi connectivity index (χ0n) is 15.1. The van der Waals surface area contributed by atoms with Crippen molar-refractivity contribution in [3.63, 3.8) is 0 Å². The Hall–Kier alpha value is -3.47. The minimum Gasteiger partial charge on any atom is -0.326 e. The zero-order valence-corrected chi connectivity index (χ0v) is 15.1. The Bertz CT molecular complexity index is 911. The van der Waals surface area contributed by atoms with Gasteiger partial charge in [0.1, 0.15) is 0 Å². The average Bonchev–Trinajstić information content (AvgIpc) is 2.69. The molecule has 1 aromatic heterocycles. The molecule has 0 aliphatic rings. The van der Waals surface area contributed by atoms with E-state index in [1.807, 2.05) is 37.3 Å². The number of pyridine rings is 1. The minimum atomic E-state index is -0.224. The predicted octanol–water partition coefficient (Wildman–Crippen LogP) is 4.47. The van der Waals surface area contributed by atoms with Crippen LogP contribution in [-0.4, -0.2) is 16.8 Å². The molecule has 0 radical (unpaired) electrons. The maximum atomic E-state index is 12.3. The lowest BCUT2D eigenvalue weighted by atomic mass is 9.97. The van der Waals surface area contributed by atoms with Crippen LogP contribution in [0.1, 0.15) is 35.2 Å². The normalized spacial score (nSPS) is 11.4. The largest absolute Gasteiger partial charge is 0.326 e. The number of nitrogens with zero attached hydrogens (tertiary/aromatic N) is 1. The minimum absolute atomic E-state index is 0.0658. The summed E-state index contributed by atoms with van der Waals surface area (Å²) in [6.45, 7) is 2.03. The number of nitrogens with one attached hydrogen (secondary N) is 2. The standard InChI is InChI=1S/C22H21N3O2/c1-16(17-6-3-2-4-7-17)14-21(26)24-19-8-5-9-20(15-19)25-22(27)18-10-12-23-13-11-18/h2-13,15-16H,14H2,1H3,(H,24,26)(H,25,27). The molecule has 5 heteroatoms. The lowest BCUT2D eigenvalue weighted by molar-refractivity contribution is -0.116. The number of benzene rings is 2. The highest BCUT2D eigenvalue weighted by Crippen LogP contribution is 2.21. The summed E-state index contributed by atoms with van der Waals surface area (Å²) in [5.74, 6) is -0.164. The second-order valence-electron chi connectivity index (χ2n) is 6.33. The fourth-order valence-electron chi connectivity index (χ4n) is 2.77. The van der Waals surface area contributed by atoms with Gasteiger partial charge in [0.15, 0.2) is 0 Å². The molecule has 0 spiro atoms. The fourth-order valence-corrected chi connectivity index (χ4v) is 2.77. The summed E-state index contributed by atoms with van der Waals surface area (Å²) in [6, 6.07) is 20.3. The number of anilines is 2. The first-order chi connectivity index (χ1) is 13.1. The van der Waals surface area contributed by atoms with Crippen LogP contribution in [0.3, 0.4) is 0 Å². The number of hydrogen-bond donors (Lipinski definition) is 2. The molecule has 136 valence electrons. The lowest BCUT2D eigenvalue weighted by Crippen LogP contribution is -2.15. The van der Waals surface area contributed by atoms with Gasteiger partial charge in [-0.25, -0.2) is 0 Å².